The molecule has 6 heteroatoms. The van der Waals surface area contributed by atoms with Gasteiger partial charge in [-0.1, -0.05) is 0 Å². The van der Waals surface area contributed by atoms with Crippen LogP contribution in [0.25, 0.3) is 0 Å². The minimum atomic E-state index is -0.702. The summed E-state index contributed by atoms with van der Waals surface area (Å²) < 4.78 is 0. The molecule has 0 aliphatic rings. The second-order valence-electron chi connectivity index (χ2n) is 3.23. The van der Waals surface area contributed by atoms with E-state index in [9.17, 15) is 9.59 Å². The Bertz CT molecular complexity index is 321. The molecule has 15 heavy (non-hydrogen) atoms. The van der Waals surface area contributed by atoms with Crippen molar-refractivity contribution >= 4 is 12.2 Å². The highest BCUT2D eigenvalue weighted by Gasteiger charge is 2.16. The van der Waals surface area contributed by atoms with Crippen molar-refractivity contribution < 1.29 is 9.59 Å². The monoisotopic (exact) mass is 209 g/mol. The maximum atomic E-state index is 11.2. The number of rotatable bonds is 5. The Labute approximate surface area is 87.3 Å². The average molecular weight is 209 g/mol. The van der Waals surface area contributed by atoms with Crippen LogP contribution in [0.15, 0.2) is 12.5 Å². The highest BCUT2D eigenvalue weighted by atomic mass is 16.2. The normalized spacial score (nSPS) is 14.3. The van der Waals surface area contributed by atoms with Crippen molar-refractivity contribution in [1.82, 2.24) is 15.3 Å². The van der Waals surface area contributed by atoms with E-state index in [1.807, 2.05) is 0 Å². The first-order chi connectivity index (χ1) is 7.13. The molecule has 1 aromatic heterocycles. The standard InChI is InChI=1S/C9H13N4O2/c1-6(10)9(15)13-8(4-14)2-7-3-11-5-12-7/h3,5-6,8H,2,10H2,1H3,(H,11,12)(H,13,15)/t6?,8-/m1/s1. The molecule has 1 unspecified atom stereocenters. The number of hydrogen-bond acceptors (Lipinski definition) is 4. The number of carbonyl (C=O) groups is 1. The van der Waals surface area contributed by atoms with E-state index in [1.54, 1.807) is 19.4 Å². The second-order valence-corrected chi connectivity index (χ2v) is 3.23. The molecule has 0 spiro atoms. The Morgan fingerprint density at radius 2 is 2.53 bits per heavy atom. The molecule has 4 N–H and O–H groups in total. The largest absolute Gasteiger partial charge is 0.351 e. The predicted molar refractivity (Wildman–Crippen MR) is 53.6 cm³/mol. The van der Waals surface area contributed by atoms with Gasteiger partial charge in [-0.3, -0.25) is 9.59 Å². The first kappa shape index (κ1) is 11.4. The number of aromatic amines is 1. The van der Waals surface area contributed by atoms with Crippen molar-refractivity contribution in [3.8, 4) is 0 Å². The lowest BCUT2D eigenvalue weighted by atomic mass is 10.2. The third-order valence-electron chi connectivity index (χ3n) is 1.84. The molecular formula is C9H13N4O2. The topological polar surface area (TPSA) is 101 Å². The number of H-pyrrole nitrogens is 1. The second kappa shape index (κ2) is 5.26. The zero-order chi connectivity index (χ0) is 11.3. The van der Waals surface area contributed by atoms with Crippen LogP contribution in [-0.4, -0.2) is 34.2 Å². The van der Waals surface area contributed by atoms with E-state index in [-0.39, 0.29) is 5.91 Å². The third-order valence-corrected chi connectivity index (χ3v) is 1.84. The molecule has 0 saturated carbocycles. The van der Waals surface area contributed by atoms with Crippen LogP contribution in [0, 0.1) is 0 Å². The lowest BCUT2D eigenvalue weighted by Gasteiger charge is -2.12. The van der Waals surface area contributed by atoms with Crippen LogP contribution in [-0.2, 0) is 16.0 Å². The molecule has 1 amide bonds. The van der Waals surface area contributed by atoms with Crippen molar-refractivity contribution in [1.29, 1.82) is 0 Å². The van der Waals surface area contributed by atoms with Gasteiger partial charge < -0.3 is 16.0 Å². The van der Waals surface area contributed by atoms with E-state index < -0.39 is 12.1 Å². The van der Waals surface area contributed by atoms with Crippen LogP contribution < -0.4 is 11.1 Å². The molecule has 0 aromatic carbocycles. The quantitative estimate of drug-likeness (QED) is 0.572. The highest BCUT2D eigenvalue weighted by molar-refractivity contribution is 5.83. The number of imidazole rings is 1. The maximum absolute atomic E-state index is 11.2. The number of hydrogen-bond donors (Lipinski definition) is 3. The summed E-state index contributed by atoms with van der Waals surface area (Å²) in [6, 6.07) is -1.34. The van der Waals surface area contributed by atoms with Crippen LogP contribution in [0.2, 0.25) is 0 Å². The van der Waals surface area contributed by atoms with Gasteiger partial charge in [-0.15, -0.1) is 0 Å². The summed E-state index contributed by atoms with van der Waals surface area (Å²) in [6.45, 7) is 1.55. The Balaban J connectivity index is 2.50. The Morgan fingerprint density at radius 3 is 3.00 bits per heavy atom. The van der Waals surface area contributed by atoms with E-state index in [2.05, 4.69) is 15.3 Å². The van der Waals surface area contributed by atoms with E-state index in [0.29, 0.717) is 12.1 Å². The molecule has 1 aromatic rings. The summed E-state index contributed by atoms with van der Waals surface area (Å²) in [4.78, 5) is 28.5. The molecule has 0 aliphatic heterocycles. The molecule has 81 valence electrons. The molecule has 0 aliphatic carbocycles. The fourth-order valence-electron chi connectivity index (χ4n) is 1.04. The van der Waals surface area contributed by atoms with Crippen molar-refractivity contribution in [3.05, 3.63) is 18.2 Å². The highest BCUT2D eigenvalue weighted by Crippen LogP contribution is 1.96. The lowest BCUT2D eigenvalue weighted by molar-refractivity contribution is -0.122. The van der Waals surface area contributed by atoms with E-state index >= 15 is 0 Å². The Morgan fingerprint density at radius 1 is 1.80 bits per heavy atom. The number of nitrogens with one attached hydrogen (secondary N) is 2. The summed E-state index contributed by atoms with van der Waals surface area (Å²) in [5.74, 6) is -0.376. The third kappa shape index (κ3) is 3.51. The van der Waals surface area contributed by atoms with Crippen LogP contribution in [0.3, 0.4) is 0 Å². The van der Waals surface area contributed by atoms with Gasteiger partial charge in [-0.25, -0.2) is 4.98 Å². The fraction of sp³-hybridized carbons (Fsp3) is 0.444. The van der Waals surface area contributed by atoms with Gasteiger partial charge in [0.05, 0.1) is 18.1 Å². The van der Waals surface area contributed by atoms with Gasteiger partial charge in [-0.05, 0) is 6.92 Å². The summed E-state index contributed by atoms with van der Waals surface area (Å²) in [6.07, 6.45) is 5.21. The predicted octanol–water partition coefficient (Wildman–Crippen LogP) is -1.11. The van der Waals surface area contributed by atoms with Crippen LogP contribution in [0.4, 0.5) is 0 Å². The smallest absolute Gasteiger partial charge is 0.237 e. The van der Waals surface area contributed by atoms with Gasteiger partial charge in [0.15, 0.2) is 0 Å². The Kier molecular flexibility index (Phi) is 3.99. The van der Waals surface area contributed by atoms with Crippen LogP contribution in [0.1, 0.15) is 12.6 Å². The summed E-state index contributed by atoms with van der Waals surface area (Å²) in [7, 11) is 0. The number of carbonyl (C=O) groups excluding carboxylic acids is 2. The van der Waals surface area contributed by atoms with Crippen molar-refractivity contribution in [3.63, 3.8) is 0 Å². The molecule has 6 nitrogen and oxygen atoms in total. The number of aromatic nitrogens is 2. The van der Waals surface area contributed by atoms with Crippen LogP contribution >= 0.6 is 0 Å². The van der Waals surface area contributed by atoms with Gasteiger partial charge in [0.25, 0.3) is 0 Å². The SMILES string of the molecule is CC(N)C(=O)N[C@@H]([C]=O)Cc1c[nH]cn1. The van der Waals surface area contributed by atoms with Crippen molar-refractivity contribution in [2.45, 2.75) is 25.4 Å². The Hall–Kier alpha value is -1.69. The number of nitrogens with two attached hydrogens (primary N) is 1. The number of nitrogens with zero attached hydrogens (tertiary/aromatic N) is 1. The molecule has 0 bridgehead atoms. The van der Waals surface area contributed by atoms with Crippen molar-refractivity contribution in [2.24, 2.45) is 5.73 Å². The van der Waals surface area contributed by atoms with Gasteiger partial charge >= 0.3 is 0 Å². The minimum Gasteiger partial charge on any atom is -0.351 e. The molecule has 0 fully saturated rings. The lowest BCUT2D eigenvalue weighted by Crippen LogP contribution is -2.45. The molecule has 1 radical (unpaired) electrons. The zero-order valence-corrected chi connectivity index (χ0v) is 8.36. The minimum absolute atomic E-state index is 0.311. The van der Waals surface area contributed by atoms with Gasteiger partial charge in [-0.2, -0.15) is 0 Å². The first-order valence-corrected chi connectivity index (χ1v) is 4.54. The average Bonchev–Trinajstić information content (AvgIpc) is 2.69. The molecule has 1 rings (SSSR count). The summed E-state index contributed by atoms with van der Waals surface area (Å²) in [5.41, 5.74) is 6.04. The van der Waals surface area contributed by atoms with E-state index in [4.69, 9.17) is 5.73 Å². The summed E-state index contributed by atoms with van der Waals surface area (Å²) >= 11 is 0. The van der Waals surface area contributed by atoms with E-state index in [0.717, 1.165) is 0 Å². The fourth-order valence-corrected chi connectivity index (χ4v) is 1.04. The molecule has 1 heterocycles. The molecule has 0 saturated heterocycles. The summed E-state index contributed by atoms with van der Waals surface area (Å²) in [5, 5.41) is 2.46. The van der Waals surface area contributed by atoms with Gasteiger partial charge in [0, 0.05) is 12.6 Å². The molecule has 2 atom stereocenters. The first-order valence-electron chi connectivity index (χ1n) is 4.54. The maximum Gasteiger partial charge on any atom is 0.237 e. The number of amides is 1. The van der Waals surface area contributed by atoms with Crippen LogP contribution in [0.5, 0.6) is 0 Å². The van der Waals surface area contributed by atoms with Crippen molar-refractivity contribution in [2.75, 3.05) is 0 Å². The van der Waals surface area contributed by atoms with Gasteiger partial charge in [0.2, 0.25) is 12.2 Å². The van der Waals surface area contributed by atoms with E-state index in [1.165, 1.54) is 6.33 Å². The van der Waals surface area contributed by atoms with Gasteiger partial charge in [0.1, 0.15) is 6.04 Å². The zero-order valence-electron chi connectivity index (χ0n) is 8.36. The molecular weight excluding hydrogens is 196 g/mol.